The molecule has 0 saturated carbocycles. The molecule has 0 spiro atoms. The summed E-state index contributed by atoms with van der Waals surface area (Å²) in [5.41, 5.74) is 0. The summed E-state index contributed by atoms with van der Waals surface area (Å²) in [5.74, 6) is 1.75. The highest BCUT2D eigenvalue weighted by molar-refractivity contribution is 5.42. The van der Waals surface area contributed by atoms with Crippen molar-refractivity contribution in [1.82, 2.24) is 15.0 Å². The third kappa shape index (κ3) is 12.3. The number of methoxy groups -OCH3 is 3. The lowest BCUT2D eigenvalue weighted by atomic mass is 10.3. The van der Waals surface area contributed by atoms with Crippen LogP contribution in [-0.4, -0.2) is 75.7 Å². The van der Waals surface area contributed by atoms with E-state index in [4.69, 9.17) is 14.2 Å². The van der Waals surface area contributed by atoms with Crippen molar-refractivity contribution in [3.05, 3.63) is 0 Å². The molecule has 0 unspecified atom stereocenters. The minimum Gasteiger partial charge on any atom is -0.385 e. The second kappa shape index (κ2) is 16.5. The first-order chi connectivity index (χ1) is 13.3. The Morgan fingerprint density at radius 3 is 1.07 bits per heavy atom. The second-order valence-corrected chi connectivity index (χ2v) is 6.19. The average molecular weight is 385 g/mol. The Labute approximate surface area is 163 Å². The van der Waals surface area contributed by atoms with E-state index in [1.807, 2.05) is 0 Å². The van der Waals surface area contributed by atoms with Crippen LogP contribution in [-0.2, 0) is 14.2 Å². The predicted molar refractivity (Wildman–Crippen MR) is 109 cm³/mol. The van der Waals surface area contributed by atoms with Crippen LogP contribution in [0.1, 0.15) is 38.5 Å². The molecule has 9 nitrogen and oxygen atoms in total. The van der Waals surface area contributed by atoms with E-state index in [1.54, 1.807) is 21.3 Å². The van der Waals surface area contributed by atoms with E-state index in [0.717, 1.165) is 78.0 Å². The standard InChI is InChI=1S/C18H36N6O3/c1-25-13-7-4-10-19-16-22-17(20-11-5-8-14-26-2)24-18(23-16)21-12-6-9-15-27-3/h4-15H2,1-3H3,(H3,19,20,21,22,23,24). The summed E-state index contributed by atoms with van der Waals surface area (Å²) in [6.45, 7) is 4.69. The molecule has 0 fully saturated rings. The largest absolute Gasteiger partial charge is 0.385 e. The summed E-state index contributed by atoms with van der Waals surface area (Å²) in [5, 5.41) is 9.80. The zero-order valence-electron chi connectivity index (χ0n) is 17.1. The number of hydrogen-bond donors (Lipinski definition) is 3. The van der Waals surface area contributed by atoms with E-state index in [9.17, 15) is 0 Å². The van der Waals surface area contributed by atoms with Crippen LogP contribution in [0.2, 0.25) is 0 Å². The summed E-state index contributed by atoms with van der Waals surface area (Å²) in [6.07, 6.45) is 6.01. The Morgan fingerprint density at radius 1 is 0.519 bits per heavy atom. The fourth-order valence-corrected chi connectivity index (χ4v) is 2.33. The van der Waals surface area contributed by atoms with E-state index >= 15 is 0 Å². The molecule has 156 valence electrons. The van der Waals surface area contributed by atoms with Gasteiger partial charge in [0.15, 0.2) is 0 Å². The van der Waals surface area contributed by atoms with Crippen molar-refractivity contribution in [3.8, 4) is 0 Å². The van der Waals surface area contributed by atoms with E-state index in [2.05, 4.69) is 30.9 Å². The van der Waals surface area contributed by atoms with E-state index in [1.165, 1.54) is 0 Å². The summed E-state index contributed by atoms with van der Waals surface area (Å²) in [6, 6.07) is 0. The van der Waals surface area contributed by atoms with Gasteiger partial charge in [0.1, 0.15) is 0 Å². The molecule has 1 heterocycles. The van der Waals surface area contributed by atoms with Crippen molar-refractivity contribution in [2.75, 3.05) is 76.7 Å². The van der Waals surface area contributed by atoms with Crippen molar-refractivity contribution in [2.45, 2.75) is 38.5 Å². The first kappa shape index (κ1) is 23.3. The van der Waals surface area contributed by atoms with Crippen LogP contribution in [0.3, 0.4) is 0 Å². The molecule has 0 saturated heterocycles. The number of aromatic nitrogens is 3. The molecule has 0 aliphatic heterocycles. The number of anilines is 3. The van der Waals surface area contributed by atoms with Gasteiger partial charge in [0.2, 0.25) is 17.8 Å². The Morgan fingerprint density at radius 2 is 0.815 bits per heavy atom. The Bertz CT molecular complexity index is 399. The maximum Gasteiger partial charge on any atom is 0.229 e. The number of ether oxygens (including phenoxy) is 3. The number of nitrogens with zero attached hydrogens (tertiary/aromatic N) is 3. The molecule has 0 radical (unpaired) electrons. The smallest absolute Gasteiger partial charge is 0.229 e. The number of unbranched alkanes of at least 4 members (excludes halogenated alkanes) is 3. The van der Waals surface area contributed by atoms with Crippen LogP contribution in [0, 0.1) is 0 Å². The zero-order valence-corrected chi connectivity index (χ0v) is 17.1. The SMILES string of the molecule is COCCCCNc1nc(NCCCCOC)nc(NCCCCOC)n1. The summed E-state index contributed by atoms with van der Waals surface area (Å²) < 4.78 is 15.2. The lowest BCUT2D eigenvalue weighted by Gasteiger charge is -2.11. The maximum absolute atomic E-state index is 5.07. The third-order valence-electron chi connectivity index (χ3n) is 3.81. The van der Waals surface area contributed by atoms with Gasteiger partial charge in [-0.15, -0.1) is 0 Å². The molecule has 0 bridgehead atoms. The molecule has 3 N–H and O–H groups in total. The second-order valence-electron chi connectivity index (χ2n) is 6.19. The summed E-state index contributed by atoms with van der Waals surface area (Å²) >= 11 is 0. The molecule has 27 heavy (non-hydrogen) atoms. The average Bonchev–Trinajstić information content (AvgIpc) is 2.67. The Balaban J connectivity index is 2.52. The van der Waals surface area contributed by atoms with Crippen LogP contribution in [0.15, 0.2) is 0 Å². The molecule has 1 aromatic rings. The van der Waals surface area contributed by atoms with Gasteiger partial charge >= 0.3 is 0 Å². The molecule has 1 rings (SSSR count). The molecule has 0 atom stereocenters. The summed E-state index contributed by atoms with van der Waals surface area (Å²) in [4.78, 5) is 13.4. The van der Waals surface area contributed by atoms with Crippen LogP contribution in [0.5, 0.6) is 0 Å². The van der Waals surface area contributed by atoms with Gasteiger partial charge in [-0.2, -0.15) is 15.0 Å². The first-order valence-electron chi connectivity index (χ1n) is 9.74. The highest BCUT2D eigenvalue weighted by Crippen LogP contribution is 2.10. The quantitative estimate of drug-likeness (QED) is 0.329. The molecule has 0 amide bonds. The summed E-state index contributed by atoms with van der Waals surface area (Å²) in [7, 11) is 5.15. The van der Waals surface area contributed by atoms with E-state index < -0.39 is 0 Å². The first-order valence-corrected chi connectivity index (χ1v) is 9.74. The van der Waals surface area contributed by atoms with Gasteiger partial charge in [-0.1, -0.05) is 0 Å². The molecule has 1 aromatic heterocycles. The topological polar surface area (TPSA) is 102 Å². The van der Waals surface area contributed by atoms with Gasteiger partial charge in [0.05, 0.1) is 0 Å². The van der Waals surface area contributed by atoms with Crippen LogP contribution in [0.4, 0.5) is 17.8 Å². The predicted octanol–water partition coefficient (Wildman–Crippen LogP) is 2.39. The van der Waals surface area contributed by atoms with E-state index in [-0.39, 0.29) is 0 Å². The monoisotopic (exact) mass is 384 g/mol. The van der Waals surface area contributed by atoms with Crippen molar-refractivity contribution in [2.24, 2.45) is 0 Å². The number of hydrogen-bond acceptors (Lipinski definition) is 9. The van der Waals surface area contributed by atoms with Crippen molar-refractivity contribution in [1.29, 1.82) is 0 Å². The Hall–Kier alpha value is -1.71. The van der Waals surface area contributed by atoms with Crippen molar-refractivity contribution < 1.29 is 14.2 Å². The third-order valence-corrected chi connectivity index (χ3v) is 3.81. The van der Waals surface area contributed by atoms with Gasteiger partial charge in [0, 0.05) is 60.8 Å². The highest BCUT2D eigenvalue weighted by atomic mass is 16.5. The lowest BCUT2D eigenvalue weighted by molar-refractivity contribution is 0.193. The number of rotatable bonds is 18. The highest BCUT2D eigenvalue weighted by Gasteiger charge is 2.06. The lowest BCUT2D eigenvalue weighted by Crippen LogP contribution is -2.14. The molecule has 0 aliphatic carbocycles. The molecular formula is C18H36N6O3. The van der Waals surface area contributed by atoms with Gasteiger partial charge < -0.3 is 30.2 Å². The van der Waals surface area contributed by atoms with Gasteiger partial charge in [-0.05, 0) is 38.5 Å². The molecular weight excluding hydrogens is 348 g/mol. The normalized spacial score (nSPS) is 10.8. The molecule has 0 aliphatic rings. The molecule has 9 heteroatoms. The number of nitrogens with one attached hydrogen (secondary N) is 3. The van der Waals surface area contributed by atoms with Crippen LogP contribution < -0.4 is 16.0 Å². The van der Waals surface area contributed by atoms with Crippen molar-refractivity contribution in [3.63, 3.8) is 0 Å². The van der Waals surface area contributed by atoms with E-state index in [0.29, 0.717) is 17.8 Å². The van der Waals surface area contributed by atoms with Gasteiger partial charge in [-0.25, -0.2) is 0 Å². The minimum absolute atomic E-state index is 0.584. The van der Waals surface area contributed by atoms with Crippen LogP contribution in [0.25, 0.3) is 0 Å². The maximum atomic E-state index is 5.07. The fraction of sp³-hybridized carbons (Fsp3) is 0.833. The van der Waals surface area contributed by atoms with Crippen LogP contribution >= 0.6 is 0 Å². The zero-order chi connectivity index (χ0) is 19.6. The minimum atomic E-state index is 0.584. The Kier molecular flexibility index (Phi) is 14.2. The molecule has 0 aromatic carbocycles. The van der Waals surface area contributed by atoms with Gasteiger partial charge in [0.25, 0.3) is 0 Å². The van der Waals surface area contributed by atoms with Crippen molar-refractivity contribution >= 4 is 17.8 Å². The fourth-order valence-electron chi connectivity index (χ4n) is 2.33. The van der Waals surface area contributed by atoms with Gasteiger partial charge in [-0.3, -0.25) is 0 Å².